The number of anilines is 1. The Balaban J connectivity index is 2.00. The average Bonchev–Trinajstić information content (AvgIpc) is 2.63. The third-order valence-corrected chi connectivity index (χ3v) is 3.78. The molecule has 6 heteroatoms. The molecule has 2 aromatic rings. The van der Waals surface area contributed by atoms with Gasteiger partial charge in [-0.25, -0.2) is 0 Å². The van der Waals surface area contributed by atoms with Crippen molar-refractivity contribution in [2.75, 3.05) is 25.6 Å². The average molecular weight is 356 g/mol. The van der Waals surface area contributed by atoms with Crippen LogP contribution in [-0.2, 0) is 16.1 Å². The number of rotatable bonds is 8. The molecule has 138 valence electrons. The smallest absolute Gasteiger partial charge is 0.244 e. The molecule has 0 fully saturated rings. The quantitative estimate of drug-likeness (QED) is 0.789. The van der Waals surface area contributed by atoms with Crippen LogP contribution in [0.4, 0.5) is 5.69 Å². The number of amides is 2. The summed E-state index contributed by atoms with van der Waals surface area (Å²) in [7, 11) is 1.58. The van der Waals surface area contributed by atoms with Crippen molar-refractivity contribution in [2.24, 2.45) is 0 Å². The second-order valence-corrected chi connectivity index (χ2v) is 5.69. The second kappa shape index (κ2) is 9.46. The summed E-state index contributed by atoms with van der Waals surface area (Å²) in [4.78, 5) is 25.7. The lowest BCUT2D eigenvalue weighted by Crippen LogP contribution is -2.36. The zero-order chi connectivity index (χ0) is 18.9. The molecule has 0 atom stereocenters. The van der Waals surface area contributed by atoms with Crippen LogP contribution < -0.4 is 14.8 Å². The number of carbonyl (C=O) groups is 2. The van der Waals surface area contributed by atoms with Gasteiger partial charge in [-0.1, -0.05) is 18.2 Å². The number of hydrogen-bond acceptors (Lipinski definition) is 4. The lowest BCUT2D eigenvalue weighted by molar-refractivity contribution is -0.133. The molecule has 26 heavy (non-hydrogen) atoms. The Morgan fingerprint density at radius 2 is 1.77 bits per heavy atom. The van der Waals surface area contributed by atoms with E-state index in [2.05, 4.69) is 5.32 Å². The van der Waals surface area contributed by atoms with Gasteiger partial charge in [0.2, 0.25) is 11.8 Å². The molecular formula is C20H24N2O4. The fraction of sp³-hybridized carbons (Fsp3) is 0.300. The summed E-state index contributed by atoms with van der Waals surface area (Å²) in [6.07, 6.45) is 0. The molecule has 2 aromatic carbocycles. The van der Waals surface area contributed by atoms with E-state index in [1.807, 2.05) is 31.2 Å². The predicted molar refractivity (Wildman–Crippen MR) is 100 cm³/mol. The molecule has 0 aliphatic rings. The first kappa shape index (κ1) is 19.3. The Kier molecular flexibility index (Phi) is 7.02. The molecule has 6 nitrogen and oxygen atoms in total. The fourth-order valence-corrected chi connectivity index (χ4v) is 2.49. The number of nitrogens with zero attached hydrogens (tertiary/aromatic N) is 1. The van der Waals surface area contributed by atoms with Gasteiger partial charge in [0.1, 0.15) is 18.0 Å². The second-order valence-electron chi connectivity index (χ2n) is 5.69. The number of methoxy groups -OCH3 is 1. The Morgan fingerprint density at radius 1 is 1.08 bits per heavy atom. The normalized spacial score (nSPS) is 10.1. The molecule has 0 bridgehead atoms. The first-order valence-electron chi connectivity index (χ1n) is 8.43. The Morgan fingerprint density at radius 3 is 2.38 bits per heavy atom. The minimum atomic E-state index is -0.265. The zero-order valence-corrected chi connectivity index (χ0v) is 15.3. The van der Waals surface area contributed by atoms with Crippen LogP contribution in [0.3, 0.4) is 0 Å². The van der Waals surface area contributed by atoms with Crippen LogP contribution in [0.15, 0.2) is 48.5 Å². The van der Waals surface area contributed by atoms with Gasteiger partial charge in [-0.2, -0.15) is 0 Å². The minimum absolute atomic E-state index is 0.0411. The maximum absolute atomic E-state index is 12.3. The van der Waals surface area contributed by atoms with Crippen molar-refractivity contribution in [3.8, 4) is 11.5 Å². The number of nitrogens with one attached hydrogen (secondary N) is 1. The van der Waals surface area contributed by atoms with Crippen molar-refractivity contribution >= 4 is 17.5 Å². The molecule has 2 rings (SSSR count). The third kappa shape index (κ3) is 5.51. The van der Waals surface area contributed by atoms with Crippen molar-refractivity contribution in [2.45, 2.75) is 20.4 Å². The fourth-order valence-electron chi connectivity index (χ4n) is 2.49. The van der Waals surface area contributed by atoms with Gasteiger partial charge in [0.25, 0.3) is 0 Å². The van der Waals surface area contributed by atoms with Gasteiger partial charge < -0.3 is 19.7 Å². The molecule has 0 heterocycles. The summed E-state index contributed by atoms with van der Waals surface area (Å²) in [5.41, 5.74) is 1.50. The molecule has 2 amide bonds. The van der Waals surface area contributed by atoms with Crippen molar-refractivity contribution in [3.63, 3.8) is 0 Å². The summed E-state index contributed by atoms with van der Waals surface area (Å²) in [6, 6.07) is 14.5. The lowest BCUT2D eigenvalue weighted by Gasteiger charge is -2.21. The van der Waals surface area contributed by atoms with E-state index in [0.717, 1.165) is 11.3 Å². The highest BCUT2D eigenvalue weighted by Gasteiger charge is 2.16. The topological polar surface area (TPSA) is 67.9 Å². The van der Waals surface area contributed by atoms with Crippen LogP contribution in [0.25, 0.3) is 0 Å². The molecule has 0 radical (unpaired) electrons. The SMILES string of the molecule is CCOc1ccc(NC(=O)CN(Cc2ccccc2OC)C(C)=O)cc1. The van der Waals surface area contributed by atoms with Gasteiger partial charge in [-0.05, 0) is 37.3 Å². The van der Waals surface area contributed by atoms with Gasteiger partial charge in [0.15, 0.2) is 0 Å². The molecule has 0 saturated carbocycles. The Bertz CT molecular complexity index is 744. The van der Waals surface area contributed by atoms with Crippen molar-refractivity contribution in [3.05, 3.63) is 54.1 Å². The summed E-state index contributed by atoms with van der Waals surface area (Å²) < 4.78 is 10.7. The summed E-state index contributed by atoms with van der Waals surface area (Å²) in [5, 5.41) is 2.79. The highest BCUT2D eigenvalue weighted by molar-refractivity contribution is 5.94. The number of benzene rings is 2. The molecule has 0 aromatic heterocycles. The molecule has 0 unspecified atom stereocenters. The summed E-state index contributed by atoms with van der Waals surface area (Å²) >= 11 is 0. The van der Waals surface area contributed by atoms with Crippen molar-refractivity contribution < 1.29 is 19.1 Å². The number of carbonyl (C=O) groups excluding carboxylic acids is 2. The molecule has 0 aliphatic carbocycles. The van der Waals surface area contributed by atoms with Gasteiger partial charge >= 0.3 is 0 Å². The van der Waals surface area contributed by atoms with E-state index >= 15 is 0 Å². The van der Waals surface area contributed by atoms with Crippen LogP contribution in [0.2, 0.25) is 0 Å². The van der Waals surface area contributed by atoms with Gasteiger partial charge in [0, 0.05) is 24.7 Å². The van der Waals surface area contributed by atoms with Crippen LogP contribution in [0.1, 0.15) is 19.4 Å². The van der Waals surface area contributed by atoms with Crippen LogP contribution in [-0.4, -0.2) is 37.0 Å². The summed E-state index contributed by atoms with van der Waals surface area (Å²) in [5.74, 6) is 0.981. The highest BCUT2D eigenvalue weighted by atomic mass is 16.5. The Labute approximate surface area is 153 Å². The van der Waals surface area contributed by atoms with E-state index in [9.17, 15) is 9.59 Å². The molecule has 0 saturated heterocycles. The van der Waals surface area contributed by atoms with Gasteiger partial charge in [0.05, 0.1) is 13.7 Å². The maximum Gasteiger partial charge on any atom is 0.244 e. The molecular weight excluding hydrogens is 332 g/mol. The third-order valence-electron chi connectivity index (χ3n) is 3.78. The number of para-hydroxylation sites is 1. The van der Waals surface area contributed by atoms with Crippen LogP contribution in [0, 0.1) is 0 Å². The number of hydrogen-bond donors (Lipinski definition) is 1. The van der Waals surface area contributed by atoms with E-state index in [4.69, 9.17) is 9.47 Å². The van der Waals surface area contributed by atoms with E-state index in [1.165, 1.54) is 11.8 Å². The molecule has 0 spiro atoms. The van der Waals surface area contributed by atoms with Crippen LogP contribution in [0.5, 0.6) is 11.5 Å². The van der Waals surface area contributed by atoms with E-state index in [-0.39, 0.29) is 18.4 Å². The summed E-state index contributed by atoms with van der Waals surface area (Å²) in [6.45, 7) is 4.20. The monoisotopic (exact) mass is 356 g/mol. The predicted octanol–water partition coefficient (Wildman–Crippen LogP) is 3.08. The van der Waals surface area contributed by atoms with Crippen LogP contribution >= 0.6 is 0 Å². The largest absolute Gasteiger partial charge is 0.496 e. The molecule has 0 aliphatic heterocycles. The number of ether oxygens (including phenoxy) is 2. The first-order valence-corrected chi connectivity index (χ1v) is 8.43. The first-order chi connectivity index (χ1) is 12.5. The van der Waals surface area contributed by atoms with Gasteiger partial charge in [-0.15, -0.1) is 0 Å². The zero-order valence-electron chi connectivity index (χ0n) is 15.3. The highest BCUT2D eigenvalue weighted by Crippen LogP contribution is 2.20. The standard InChI is InChI=1S/C20H24N2O4/c1-4-26-18-11-9-17(10-12-18)21-20(24)14-22(15(2)23)13-16-7-5-6-8-19(16)25-3/h5-12H,4,13-14H2,1-3H3,(H,21,24). The van der Waals surface area contributed by atoms with E-state index < -0.39 is 0 Å². The van der Waals surface area contributed by atoms with Crippen molar-refractivity contribution in [1.29, 1.82) is 0 Å². The van der Waals surface area contributed by atoms with Crippen molar-refractivity contribution in [1.82, 2.24) is 4.90 Å². The lowest BCUT2D eigenvalue weighted by atomic mass is 10.2. The Hall–Kier alpha value is -3.02. The van der Waals surface area contributed by atoms with E-state index in [1.54, 1.807) is 31.4 Å². The molecule has 1 N–H and O–H groups in total. The van der Waals surface area contributed by atoms with Gasteiger partial charge in [-0.3, -0.25) is 9.59 Å². The minimum Gasteiger partial charge on any atom is -0.496 e. The maximum atomic E-state index is 12.3. The van der Waals surface area contributed by atoms with E-state index in [0.29, 0.717) is 24.6 Å².